The molecule has 0 bridgehead atoms. The summed E-state index contributed by atoms with van der Waals surface area (Å²) in [6.45, 7) is 0. The summed E-state index contributed by atoms with van der Waals surface area (Å²) in [6.07, 6.45) is 3.64. The van der Waals surface area contributed by atoms with Gasteiger partial charge in [-0.1, -0.05) is 34.1 Å². The third-order valence-electron chi connectivity index (χ3n) is 3.59. The molecule has 0 atom stereocenters. The summed E-state index contributed by atoms with van der Waals surface area (Å²) in [5.41, 5.74) is 2.33. The van der Waals surface area contributed by atoms with Crippen molar-refractivity contribution in [2.24, 2.45) is 0 Å². The second kappa shape index (κ2) is 6.84. The molecule has 0 aliphatic carbocycles. The van der Waals surface area contributed by atoms with Crippen molar-refractivity contribution in [1.29, 1.82) is 0 Å². The fourth-order valence-electron chi connectivity index (χ4n) is 2.46. The third-order valence-corrected chi connectivity index (χ3v) is 4.09. The average Bonchev–Trinajstić information content (AvgIpc) is 2.59. The van der Waals surface area contributed by atoms with E-state index in [1.807, 2.05) is 36.4 Å². The van der Waals surface area contributed by atoms with Crippen LogP contribution in [0.2, 0.25) is 0 Å². The van der Waals surface area contributed by atoms with E-state index in [4.69, 9.17) is 4.74 Å². The number of carboxylic acids is 1. The van der Waals surface area contributed by atoms with Crippen molar-refractivity contribution in [3.63, 3.8) is 0 Å². The second-order valence-corrected chi connectivity index (χ2v) is 6.05. The molecule has 0 saturated carbocycles. The van der Waals surface area contributed by atoms with Gasteiger partial charge in [0.25, 0.3) is 0 Å². The first-order valence-corrected chi connectivity index (χ1v) is 8.02. The fourth-order valence-corrected chi connectivity index (χ4v) is 2.82. The molecule has 1 aromatic heterocycles. The predicted octanol–water partition coefficient (Wildman–Crippen LogP) is 4.87. The van der Waals surface area contributed by atoms with Gasteiger partial charge < -0.3 is 9.84 Å². The summed E-state index contributed by atoms with van der Waals surface area (Å²) in [5, 5.41) is 10.1. The van der Waals surface area contributed by atoms with E-state index >= 15 is 0 Å². The number of ether oxygens (including phenoxy) is 1. The normalized spacial score (nSPS) is 11.1. The van der Waals surface area contributed by atoms with Crippen molar-refractivity contribution in [1.82, 2.24) is 4.98 Å². The lowest BCUT2D eigenvalue weighted by atomic mass is 10.1. The van der Waals surface area contributed by atoms with Crippen LogP contribution in [-0.2, 0) is 0 Å². The number of nitrogens with zero attached hydrogens (tertiary/aromatic N) is 1. The number of carbonyl (C=O) groups is 1. The third kappa shape index (κ3) is 3.31. The number of pyridine rings is 1. The molecule has 4 nitrogen and oxygen atoms in total. The lowest BCUT2D eigenvalue weighted by Crippen LogP contribution is -2.00. The largest absolute Gasteiger partial charge is 0.496 e. The Labute approximate surface area is 147 Å². The number of fused-ring (bicyclic) bond motifs is 1. The minimum Gasteiger partial charge on any atom is -0.496 e. The molecule has 0 aliphatic rings. The van der Waals surface area contributed by atoms with Gasteiger partial charge in [0, 0.05) is 15.4 Å². The number of rotatable bonds is 4. The summed E-state index contributed by atoms with van der Waals surface area (Å²) in [5.74, 6) is -0.232. The highest BCUT2D eigenvalue weighted by molar-refractivity contribution is 9.10. The van der Waals surface area contributed by atoms with Crippen molar-refractivity contribution in [2.45, 2.75) is 0 Å². The molecule has 0 aliphatic heterocycles. The smallest absolute Gasteiger partial charge is 0.336 e. The Balaban J connectivity index is 2.08. The highest BCUT2D eigenvalue weighted by Crippen LogP contribution is 2.25. The number of halogens is 1. The zero-order valence-electron chi connectivity index (χ0n) is 12.9. The van der Waals surface area contributed by atoms with Crippen LogP contribution in [0.5, 0.6) is 5.75 Å². The maximum atomic E-state index is 11.6. The fraction of sp³-hybridized carbons (Fsp3) is 0.0526. The van der Waals surface area contributed by atoms with E-state index in [0.29, 0.717) is 16.6 Å². The van der Waals surface area contributed by atoms with E-state index in [0.717, 1.165) is 15.8 Å². The molecule has 0 radical (unpaired) electrons. The van der Waals surface area contributed by atoms with Crippen LogP contribution in [0.15, 0.2) is 53.0 Å². The number of hydrogen-bond acceptors (Lipinski definition) is 3. The summed E-state index contributed by atoms with van der Waals surface area (Å²) in [7, 11) is 1.61. The van der Waals surface area contributed by atoms with Gasteiger partial charge in [0.15, 0.2) is 0 Å². The molecule has 0 amide bonds. The minimum atomic E-state index is -0.979. The van der Waals surface area contributed by atoms with Crippen LogP contribution in [-0.4, -0.2) is 23.2 Å². The van der Waals surface area contributed by atoms with Gasteiger partial charge in [-0.15, -0.1) is 0 Å². The molecule has 2 aromatic carbocycles. The average molecular weight is 384 g/mol. The van der Waals surface area contributed by atoms with Crippen LogP contribution < -0.4 is 4.74 Å². The monoisotopic (exact) mass is 383 g/mol. The number of hydrogen-bond donors (Lipinski definition) is 1. The molecule has 0 unspecified atom stereocenters. The molecule has 1 N–H and O–H groups in total. The second-order valence-electron chi connectivity index (χ2n) is 5.14. The molecule has 24 heavy (non-hydrogen) atoms. The maximum absolute atomic E-state index is 11.6. The summed E-state index contributed by atoms with van der Waals surface area (Å²) in [6, 6.07) is 14.6. The SMILES string of the molecule is COc1ccccc1C=Cc1cc(C(=O)O)c2cc(Br)ccc2n1. The Kier molecular flexibility index (Phi) is 4.62. The Bertz CT molecular complexity index is 950. The molecule has 1 heterocycles. The lowest BCUT2D eigenvalue weighted by Gasteiger charge is -2.06. The number of para-hydroxylation sites is 1. The summed E-state index contributed by atoms with van der Waals surface area (Å²) in [4.78, 5) is 16.1. The first-order valence-electron chi connectivity index (χ1n) is 7.23. The van der Waals surface area contributed by atoms with Gasteiger partial charge in [0.1, 0.15) is 5.75 Å². The maximum Gasteiger partial charge on any atom is 0.336 e. The van der Waals surface area contributed by atoms with Crippen LogP contribution in [0.25, 0.3) is 23.1 Å². The standard InChI is InChI=1S/C19H14BrNO3/c1-24-18-5-3-2-4-12(18)6-8-14-11-16(19(22)23)15-10-13(20)7-9-17(15)21-14/h2-11H,1H3,(H,22,23). The van der Waals surface area contributed by atoms with Gasteiger partial charge in [-0.3, -0.25) is 0 Å². The number of carboxylic acid groups (broad SMARTS) is 1. The zero-order valence-corrected chi connectivity index (χ0v) is 14.4. The summed E-state index contributed by atoms with van der Waals surface area (Å²) >= 11 is 3.36. The molecule has 5 heteroatoms. The summed E-state index contributed by atoms with van der Waals surface area (Å²) < 4.78 is 6.12. The van der Waals surface area contributed by atoms with E-state index in [-0.39, 0.29) is 5.56 Å². The first kappa shape index (κ1) is 16.2. The van der Waals surface area contributed by atoms with Crippen LogP contribution >= 0.6 is 15.9 Å². The quantitative estimate of drug-likeness (QED) is 0.697. The number of methoxy groups -OCH3 is 1. The lowest BCUT2D eigenvalue weighted by molar-refractivity contribution is 0.0699. The van der Waals surface area contributed by atoms with Crippen molar-refractivity contribution in [3.05, 3.63) is 69.8 Å². The first-order chi connectivity index (χ1) is 11.6. The molecular formula is C19H14BrNO3. The number of benzene rings is 2. The molecule has 3 aromatic rings. The Hall–Kier alpha value is -2.66. The highest BCUT2D eigenvalue weighted by atomic mass is 79.9. The Morgan fingerprint density at radius 1 is 1.17 bits per heavy atom. The van der Waals surface area contributed by atoms with Crippen molar-refractivity contribution in [2.75, 3.05) is 7.11 Å². The molecule has 0 fully saturated rings. The van der Waals surface area contributed by atoms with Crippen LogP contribution in [0.3, 0.4) is 0 Å². The van der Waals surface area contributed by atoms with Gasteiger partial charge >= 0.3 is 5.97 Å². The van der Waals surface area contributed by atoms with E-state index < -0.39 is 5.97 Å². The number of aromatic nitrogens is 1. The molecule has 3 rings (SSSR count). The van der Waals surface area contributed by atoms with Gasteiger partial charge in [-0.05, 0) is 42.5 Å². The van der Waals surface area contributed by atoms with E-state index in [1.165, 1.54) is 0 Å². The predicted molar refractivity (Wildman–Crippen MR) is 98.3 cm³/mol. The van der Waals surface area contributed by atoms with Crippen LogP contribution in [0.1, 0.15) is 21.6 Å². The highest BCUT2D eigenvalue weighted by Gasteiger charge is 2.11. The van der Waals surface area contributed by atoms with E-state index in [9.17, 15) is 9.90 Å². The van der Waals surface area contributed by atoms with Crippen LogP contribution in [0, 0.1) is 0 Å². The van der Waals surface area contributed by atoms with Crippen molar-refractivity contribution < 1.29 is 14.6 Å². The molecule has 120 valence electrons. The van der Waals surface area contributed by atoms with Gasteiger partial charge in [0.2, 0.25) is 0 Å². The van der Waals surface area contributed by atoms with Gasteiger partial charge in [-0.25, -0.2) is 9.78 Å². The van der Waals surface area contributed by atoms with E-state index in [1.54, 1.807) is 31.4 Å². The molecule has 0 spiro atoms. The topological polar surface area (TPSA) is 59.4 Å². The zero-order chi connectivity index (χ0) is 17.1. The molecule has 0 saturated heterocycles. The molecular weight excluding hydrogens is 370 g/mol. The Morgan fingerprint density at radius 3 is 2.71 bits per heavy atom. The minimum absolute atomic E-state index is 0.223. The van der Waals surface area contributed by atoms with Crippen molar-refractivity contribution >= 4 is 45.0 Å². The van der Waals surface area contributed by atoms with Crippen molar-refractivity contribution in [3.8, 4) is 5.75 Å². The van der Waals surface area contributed by atoms with Gasteiger partial charge in [0.05, 0.1) is 23.9 Å². The van der Waals surface area contributed by atoms with Gasteiger partial charge in [-0.2, -0.15) is 0 Å². The van der Waals surface area contributed by atoms with E-state index in [2.05, 4.69) is 20.9 Å². The van der Waals surface area contributed by atoms with Crippen LogP contribution in [0.4, 0.5) is 0 Å². The Morgan fingerprint density at radius 2 is 1.96 bits per heavy atom. The number of aromatic carboxylic acids is 1.